The summed E-state index contributed by atoms with van der Waals surface area (Å²) in [4.78, 5) is 24.0. The third-order valence-electron chi connectivity index (χ3n) is 6.45. The summed E-state index contributed by atoms with van der Waals surface area (Å²) in [7, 11) is 3.80. The van der Waals surface area contributed by atoms with Gasteiger partial charge in [-0.25, -0.2) is 14.8 Å². The second kappa shape index (κ2) is 10.3. The first-order valence-electron chi connectivity index (χ1n) is 12.8. The second-order valence-electron chi connectivity index (χ2n) is 10.7. The van der Waals surface area contributed by atoms with E-state index in [1.54, 1.807) is 14.3 Å². The molecule has 5 rings (SSSR count). The summed E-state index contributed by atoms with van der Waals surface area (Å²) in [5, 5.41) is 12.3. The molecule has 38 heavy (non-hydrogen) atoms. The van der Waals surface area contributed by atoms with E-state index in [9.17, 15) is 4.79 Å². The number of aryl methyl sites for hydroxylation is 2. The molecule has 0 unspecified atom stereocenters. The number of aromatic nitrogens is 6. The number of carbonyl (C=O) groups excluding carboxylic acids is 1. The van der Waals surface area contributed by atoms with Gasteiger partial charge in [0.15, 0.2) is 5.82 Å². The fourth-order valence-corrected chi connectivity index (χ4v) is 4.54. The van der Waals surface area contributed by atoms with Gasteiger partial charge >= 0.3 is 6.09 Å². The van der Waals surface area contributed by atoms with Crippen LogP contribution in [0, 0.1) is 0 Å². The van der Waals surface area contributed by atoms with E-state index >= 15 is 0 Å². The summed E-state index contributed by atoms with van der Waals surface area (Å²) < 4.78 is 9.11. The number of benzene rings is 1. The van der Waals surface area contributed by atoms with Crippen molar-refractivity contribution in [1.29, 1.82) is 0 Å². The highest BCUT2D eigenvalue weighted by molar-refractivity contribution is 5.77. The van der Waals surface area contributed by atoms with Crippen molar-refractivity contribution >= 4 is 11.9 Å². The number of hydrogen-bond donors (Lipinski definition) is 1. The normalized spacial score (nSPS) is 14.5. The van der Waals surface area contributed by atoms with E-state index in [1.165, 1.54) is 0 Å². The molecule has 1 aromatic carbocycles. The third kappa shape index (κ3) is 5.85. The Morgan fingerprint density at radius 2 is 1.61 bits per heavy atom. The highest BCUT2D eigenvalue weighted by atomic mass is 16.6. The molecule has 0 spiro atoms. The Morgan fingerprint density at radius 3 is 2.24 bits per heavy atom. The van der Waals surface area contributed by atoms with Crippen LogP contribution in [0.3, 0.4) is 0 Å². The SMILES string of the molecule is Cn1cc(-c2cccc(-c3ncc(-c4cnn(C)c4)c(NC4CCN(C(=O)OC(C)(C)C)CC4)n3)c2)cn1. The Labute approximate surface area is 222 Å². The molecular weight excluding hydrogens is 480 g/mol. The molecule has 0 aliphatic carbocycles. The molecule has 4 aromatic rings. The molecule has 10 nitrogen and oxygen atoms in total. The Balaban J connectivity index is 1.39. The molecule has 1 saturated heterocycles. The van der Waals surface area contributed by atoms with Gasteiger partial charge in [-0.2, -0.15) is 10.2 Å². The maximum atomic E-state index is 12.5. The highest BCUT2D eigenvalue weighted by Gasteiger charge is 2.27. The number of ether oxygens (including phenoxy) is 1. The molecule has 198 valence electrons. The van der Waals surface area contributed by atoms with Crippen LogP contribution in [0.15, 0.2) is 55.2 Å². The minimum Gasteiger partial charge on any atom is -0.444 e. The van der Waals surface area contributed by atoms with Gasteiger partial charge in [0.2, 0.25) is 0 Å². The molecule has 0 saturated carbocycles. The molecule has 1 amide bonds. The fourth-order valence-electron chi connectivity index (χ4n) is 4.54. The largest absolute Gasteiger partial charge is 0.444 e. The van der Waals surface area contributed by atoms with E-state index in [0.717, 1.165) is 46.5 Å². The topological polar surface area (TPSA) is 103 Å². The average Bonchev–Trinajstić information content (AvgIpc) is 3.51. The average molecular weight is 515 g/mol. The molecule has 0 radical (unpaired) electrons. The molecule has 1 aliphatic heterocycles. The number of likely N-dealkylation sites (tertiary alicyclic amines) is 1. The maximum Gasteiger partial charge on any atom is 0.410 e. The van der Waals surface area contributed by atoms with Crippen LogP contribution >= 0.6 is 0 Å². The lowest BCUT2D eigenvalue weighted by molar-refractivity contribution is 0.0210. The lowest BCUT2D eigenvalue weighted by Gasteiger charge is -2.34. The number of carbonyl (C=O) groups is 1. The standard InChI is InChI=1S/C28H34N8O2/c1-28(2,3)38-27(37)36-11-9-23(10-12-36)32-26-24(22-15-31-35(5)18-22)16-29-25(33-26)20-8-6-7-19(13-20)21-14-30-34(4)17-21/h6-8,13-18,23H,9-12H2,1-5H3,(H,29,32,33). The first kappa shape index (κ1) is 25.4. The summed E-state index contributed by atoms with van der Waals surface area (Å²) in [6.07, 6.45) is 10.8. The van der Waals surface area contributed by atoms with Crippen molar-refractivity contribution in [2.24, 2.45) is 14.1 Å². The van der Waals surface area contributed by atoms with Gasteiger partial charge in [0.05, 0.1) is 12.4 Å². The van der Waals surface area contributed by atoms with E-state index < -0.39 is 5.60 Å². The van der Waals surface area contributed by atoms with E-state index in [4.69, 9.17) is 14.7 Å². The molecule has 10 heteroatoms. The van der Waals surface area contributed by atoms with Gasteiger partial charge in [0.25, 0.3) is 0 Å². The van der Waals surface area contributed by atoms with Crippen molar-refractivity contribution in [3.05, 3.63) is 55.2 Å². The van der Waals surface area contributed by atoms with Crippen molar-refractivity contribution in [2.45, 2.75) is 45.3 Å². The predicted octanol–water partition coefficient (Wildman–Crippen LogP) is 4.76. The molecule has 4 heterocycles. The van der Waals surface area contributed by atoms with Crippen LogP contribution in [-0.2, 0) is 18.8 Å². The highest BCUT2D eigenvalue weighted by Crippen LogP contribution is 2.31. The van der Waals surface area contributed by atoms with Crippen LogP contribution in [0.1, 0.15) is 33.6 Å². The van der Waals surface area contributed by atoms with Crippen LogP contribution in [0.2, 0.25) is 0 Å². The zero-order valence-electron chi connectivity index (χ0n) is 22.5. The van der Waals surface area contributed by atoms with Crippen LogP contribution < -0.4 is 5.32 Å². The lowest BCUT2D eigenvalue weighted by Crippen LogP contribution is -2.44. The van der Waals surface area contributed by atoms with E-state index in [1.807, 2.05) is 78.0 Å². The summed E-state index contributed by atoms with van der Waals surface area (Å²) in [6, 6.07) is 8.33. The minimum absolute atomic E-state index is 0.161. The Kier molecular flexibility index (Phi) is 6.88. The molecule has 0 atom stereocenters. The minimum atomic E-state index is -0.503. The zero-order valence-corrected chi connectivity index (χ0v) is 22.5. The molecule has 0 bridgehead atoms. The number of rotatable bonds is 5. The van der Waals surface area contributed by atoms with Crippen molar-refractivity contribution in [3.8, 4) is 33.6 Å². The van der Waals surface area contributed by atoms with Crippen LogP contribution in [0.25, 0.3) is 33.6 Å². The van der Waals surface area contributed by atoms with Gasteiger partial charge in [-0.3, -0.25) is 9.36 Å². The summed E-state index contributed by atoms with van der Waals surface area (Å²) in [5.74, 6) is 1.39. The summed E-state index contributed by atoms with van der Waals surface area (Å²) >= 11 is 0. The molecule has 1 N–H and O–H groups in total. The number of hydrogen-bond acceptors (Lipinski definition) is 7. The lowest BCUT2D eigenvalue weighted by atomic mass is 10.0. The molecule has 3 aromatic heterocycles. The summed E-state index contributed by atoms with van der Waals surface area (Å²) in [5.41, 5.74) is 4.34. The third-order valence-corrected chi connectivity index (χ3v) is 6.45. The Bertz CT molecular complexity index is 1430. The number of nitrogens with zero attached hydrogens (tertiary/aromatic N) is 7. The first-order valence-corrected chi connectivity index (χ1v) is 12.8. The van der Waals surface area contributed by atoms with Crippen molar-refractivity contribution in [2.75, 3.05) is 18.4 Å². The van der Waals surface area contributed by atoms with Crippen LogP contribution in [-0.4, -0.2) is 65.3 Å². The van der Waals surface area contributed by atoms with Crippen LogP contribution in [0.5, 0.6) is 0 Å². The zero-order chi connectivity index (χ0) is 26.9. The van der Waals surface area contributed by atoms with Crippen LogP contribution in [0.4, 0.5) is 10.6 Å². The van der Waals surface area contributed by atoms with Crippen molar-refractivity contribution in [3.63, 3.8) is 0 Å². The van der Waals surface area contributed by atoms with E-state index in [2.05, 4.69) is 27.6 Å². The molecule has 1 aliphatic rings. The van der Waals surface area contributed by atoms with E-state index in [-0.39, 0.29) is 12.1 Å². The Hall–Kier alpha value is -4.21. The smallest absolute Gasteiger partial charge is 0.410 e. The second-order valence-corrected chi connectivity index (χ2v) is 10.7. The summed E-state index contributed by atoms with van der Waals surface area (Å²) in [6.45, 7) is 6.91. The number of amides is 1. The monoisotopic (exact) mass is 514 g/mol. The van der Waals surface area contributed by atoms with Gasteiger partial charge < -0.3 is 15.0 Å². The van der Waals surface area contributed by atoms with Gasteiger partial charge in [-0.15, -0.1) is 0 Å². The van der Waals surface area contributed by atoms with Gasteiger partial charge in [0.1, 0.15) is 11.4 Å². The Morgan fingerprint density at radius 1 is 0.947 bits per heavy atom. The number of piperidine rings is 1. The van der Waals surface area contributed by atoms with Gasteiger partial charge in [-0.1, -0.05) is 18.2 Å². The first-order chi connectivity index (χ1) is 18.1. The van der Waals surface area contributed by atoms with Gasteiger partial charge in [-0.05, 0) is 45.2 Å². The van der Waals surface area contributed by atoms with E-state index in [0.29, 0.717) is 18.9 Å². The fraction of sp³-hybridized carbons (Fsp3) is 0.393. The van der Waals surface area contributed by atoms with Gasteiger partial charge in [0, 0.05) is 74.1 Å². The van der Waals surface area contributed by atoms with Crippen molar-refractivity contribution < 1.29 is 9.53 Å². The number of anilines is 1. The van der Waals surface area contributed by atoms with Crippen molar-refractivity contribution in [1.82, 2.24) is 34.4 Å². The molecule has 1 fully saturated rings. The maximum absolute atomic E-state index is 12.5. The quantitative estimate of drug-likeness (QED) is 0.410. The number of nitrogens with one attached hydrogen (secondary N) is 1. The molecular formula is C28H34N8O2. The predicted molar refractivity (Wildman–Crippen MR) is 146 cm³/mol.